The third-order valence-electron chi connectivity index (χ3n) is 6.33. The molecule has 0 saturated carbocycles. The van der Waals surface area contributed by atoms with Crippen molar-refractivity contribution in [1.29, 1.82) is 0 Å². The second kappa shape index (κ2) is 9.55. The van der Waals surface area contributed by atoms with E-state index in [9.17, 15) is 0 Å². The highest BCUT2D eigenvalue weighted by atomic mass is 15.0. The Balaban J connectivity index is 0.00000124. The molecule has 0 unspecified atom stereocenters. The van der Waals surface area contributed by atoms with Gasteiger partial charge in [-0.3, -0.25) is 9.38 Å². The van der Waals surface area contributed by atoms with Crippen molar-refractivity contribution in [3.8, 4) is 22.3 Å². The molecule has 0 aliphatic carbocycles. The summed E-state index contributed by atoms with van der Waals surface area (Å²) in [6.07, 6.45) is 7.92. The highest BCUT2D eigenvalue weighted by Gasteiger charge is 2.16. The van der Waals surface area contributed by atoms with Gasteiger partial charge in [-0.15, -0.1) is 0 Å². The molecule has 3 heteroatoms. The van der Waals surface area contributed by atoms with Crippen LogP contribution in [0.4, 0.5) is 0 Å². The Morgan fingerprint density at radius 2 is 1.34 bits per heavy atom. The van der Waals surface area contributed by atoms with Gasteiger partial charge in [-0.25, -0.2) is 4.98 Å². The van der Waals surface area contributed by atoms with Gasteiger partial charge in [0.25, 0.3) is 0 Å². The summed E-state index contributed by atoms with van der Waals surface area (Å²) in [7, 11) is 0. The SMILES string of the molecule is C/C=C\c1c(C)nc2c3ccc(-c4ccncc4)cc3c3cc(-c4ccccc4)ccc3n12.CC. The number of hydrogen-bond acceptors (Lipinski definition) is 2. The summed E-state index contributed by atoms with van der Waals surface area (Å²) in [5, 5.41) is 3.59. The smallest absolute Gasteiger partial charge is 0.145 e. The van der Waals surface area contributed by atoms with Crippen LogP contribution in [0.5, 0.6) is 0 Å². The normalized spacial score (nSPS) is 11.3. The van der Waals surface area contributed by atoms with Gasteiger partial charge in [0.1, 0.15) is 5.65 Å². The minimum Gasteiger partial charge on any atom is -0.292 e. The Hall–Kier alpha value is -4.24. The molecule has 3 heterocycles. The molecule has 0 bridgehead atoms. The van der Waals surface area contributed by atoms with E-state index in [4.69, 9.17) is 4.98 Å². The monoisotopic (exact) mass is 455 g/mol. The second-order valence-corrected chi connectivity index (χ2v) is 8.34. The summed E-state index contributed by atoms with van der Waals surface area (Å²) >= 11 is 0. The maximum atomic E-state index is 4.99. The van der Waals surface area contributed by atoms with E-state index >= 15 is 0 Å². The summed E-state index contributed by atoms with van der Waals surface area (Å²) in [5.41, 5.74) is 9.09. The quantitative estimate of drug-likeness (QED) is 0.250. The van der Waals surface area contributed by atoms with Gasteiger partial charge in [0.15, 0.2) is 0 Å². The number of nitrogens with zero attached hydrogens (tertiary/aromatic N) is 3. The van der Waals surface area contributed by atoms with Crippen LogP contribution in [-0.2, 0) is 0 Å². The second-order valence-electron chi connectivity index (χ2n) is 8.34. The zero-order valence-electron chi connectivity index (χ0n) is 20.7. The Labute approximate surface area is 206 Å². The number of aryl methyl sites for hydroxylation is 1. The highest BCUT2D eigenvalue weighted by molar-refractivity contribution is 6.14. The van der Waals surface area contributed by atoms with Gasteiger partial charge >= 0.3 is 0 Å². The standard InChI is InChI=1S/C30H23N3.C2H6/c1-3-7-28-20(2)32-30-25-12-10-23(22-14-16-31-17-15-22)18-26(25)27-19-24(11-13-29(27)33(28)30)21-8-5-4-6-9-21;1-2/h3-19H,1-2H3;1-2H3/b7-3-;. The van der Waals surface area contributed by atoms with E-state index in [1.165, 1.54) is 27.5 Å². The number of fused-ring (bicyclic) bond motifs is 6. The van der Waals surface area contributed by atoms with Crippen LogP contribution in [0.25, 0.3) is 55.7 Å². The Morgan fingerprint density at radius 3 is 2.06 bits per heavy atom. The van der Waals surface area contributed by atoms with Gasteiger partial charge < -0.3 is 0 Å². The van der Waals surface area contributed by atoms with Crippen LogP contribution in [-0.4, -0.2) is 14.4 Å². The van der Waals surface area contributed by atoms with Crippen LogP contribution in [0.2, 0.25) is 0 Å². The van der Waals surface area contributed by atoms with Crippen molar-refractivity contribution in [3.05, 3.63) is 109 Å². The first kappa shape index (κ1) is 22.5. The molecular weight excluding hydrogens is 426 g/mol. The van der Waals surface area contributed by atoms with Gasteiger partial charge in [0.05, 0.1) is 16.9 Å². The van der Waals surface area contributed by atoms with E-state index in [2.05, 4.69) is 114 Å². The molecule has 0 aliphatic heterocycles. The summed E-state index contributed by atoms with van der Waals surface area (Å²) < 4.78 is 2.30. The molecule has 0 fully saturated rings. The highest BCUT2D eigenvalue weighted by Crippen LogP contribution is 2.36. The predicted molar refractivity (Wildman–Crippen MR) is 150 cm³/mol. The van der Waals surface area contributed by atoms with Crippen LogP contribution < -0.4 is 0 Å². The molecule has 0 aliphatic rings. The Morgan fingerprint density at radius 1 is 0.686 bits per heavy atom. The maximum Gasteiger partial charge on any atom is 0.145 e. The van der Waals surface area contributed by atoms with Crippen LogP contribution in [0.1, 0.15) is 32.2 Å². The lowest BCUT2D eigenvalue weighted by Gasteiger charge is -2.13. The lowest BCUT2D eigenvalue weighted by atomic mass is 9.97. The van der Waals surface area contributed by atoms with Crippen molar-refractivity contribution >= 4 is 33.4 Å². The number of pyridine rings is 2. The maximum absolute atomic E-state index is 4.99. The van der Waals surface area contributed by atoms with Crippen LogP contribution >= 0.6 is 0 Å². The zero-order valence-corrected chi connectivity index (χ0v) is 20.7. The number of aromatic nitrogens is 3. The fourth-order valence-corrected chi connectivity index (χ4v) is 4.76. The van der Waals surface area contributed by atoms with Crippen molar-refractivity contribution in [2.45, 2.75) is 27.7 Å². The van der Waals surface area contributed by atoms with Crippen molar-refractivity contribution < 1.29 is 0 Å². The molecule has 0 spiro atoms. The molecule has 3 aromatic carbocycles. The van der Waals surface area contributed by atoms with Crippen LogP contribution in [0, 0.1) is 6.92 Å². The first-order valence-corrected chi connectivity index (χ1v) is 12.2. The minimum absolute atomic E-state index is 0.997. The molecule has 0 saturated heterocycles. The summed E-state index contributed by atoms with van der Waals surface area (Å²) in [4.78, 5) is 9.17. The fraction of sp³-hybridized carbons (Fsp3) is 0.125. The lowest BCUT2D eigenvalue weighted by molar-refractivity contribution is 1.23. The first-order valence-electron chi connectivity index (χ1n) is 12.2. The van der Waals surface area contributed by atoms with E-state index < -0.39 is 0 Å². The van der Waals surface area contributed by atoms with Crippen LogP contribution in [0.3, 0.4) is 0 Å². The molecular formula is C32H29N3. The molecule has 3 nitrogen and oxygen atoms in total. The van der Waals surface area contributed by atoms with E-state index in [0.29, 0.717) is 0 Å². The third kappa shape index (κ3) is 3.89. The number of benzene rings is 3. The average molecular weight is 456 g/mol. The number of hydrogen-bond donors (Lipinski definition) is 0. The first-order chi connectivity index (χ1) is 17.2. The molecule has 0 N–H and O–H groups in total. The number of imidazole rings is 1. The van der Waals surface area contributed by atoms with E-state index in [-0.39, 0.29) is 0 Å². The minimum atomic E-state index is 0.997. The van der Waals surface area contributed by atoms with E-state index in [1.807, 2.05) is 26.2 Å². The molecule has 172 valence electrons. The Bertz CT molecular complexity index is 1660. The molecule has 3 aromatic heterocycles. The van der Waals surface area contributed by atoms with Gasteiger partial charge in [-0.05, 0) is 84.0 Å². The third-order valence-corrected chi connectivity index (χ3v) is 6.33. The number of rotatable bonds is 3. The summed E-state index contributed by atoms with van der Waals surface area (Å²) in [5.74, 6) is 0. The summed E-state index contributed by atoms with van der Waals surface area (Å²) in [6, 6.07) is 28.1. The molecule has 0 atom stereocenters. The molecule has 0 radical (unpaired) electrons. The Kier molecular flexibility index (Phi) is 6.15. The molecule has 35 heavy (non-hydrogen) atoms. The van der Waals surface area contributed by atoms with Gasteiger partial charge in [-0.1, -0.05) is 62.4 Å². The lowest BCUT2D eigenvalue weighted by Crippen LogP contribution is -1.95. The van der Waals surface area contributed by atoms with Gasteiger partial charge in [0.2, 0.25) is 0 Å². The predicted octanol–water partition coefficient (Wildman–Crippen LogP) is 8.74. The molecule has 6 rings (SSSR count). The fourth-order valence-electron chi connectivity index (χ4n) is 4.76. The molecule has 6 aromatic rings. The van der Waals surface area contributed by atoms with Gasteiger partial charge in [0, 0.05) is 23.2 Å². The van der Waals surface area contributed by atoms with E-state index in [0.717, 1.165) is 33.5 Å². The van der Waals surface area contributed by atoms with Crippen molar-refractivity contribution in [2.75, 3.05) is 0 Å². The zero-order chi connectivity index (χ0) is 24.4. The number of allylic oxidation sites excluding steroid dienone is 1. The van der Waals surface area contributed by atoms with Crippen LogP contribution in [0.15, 0.2) is 97.3 Å². The van der Waals surface area contributed by atoms with E-state index in [1.54, 1.807) is 0 Å². The topological polar surface area (TPSA) is 30.2 Å². The average Bonchev–Trinajstić information content (AvgIpc) is 3.26. The molecule has 0 amide bonds. The van der Waals surface area contributed by atoms with Gasteiger partial charge in [-0.2, -0.15) is 0 Å². The van der Waals surface area contributed by atoms with Crippen molar-refractivity contribution in [1.82, 2.24) is 14.4 Å². The van der Waals surface area contributed by atoms with Crippen molar-refractivity contribution in [3.63, 3.8) is 0 Å². The summed E-state index contributed by atoms with van der Waals surface area (Å²) in [6.45, 7) is 8.14. The largest absolute Gasteiger partial charge is 0.292 e. The van der Waals surface area contributed by atoms with Crippen molar-refractivity contribution in [2.24, 2.45) is 0 Å².